The van der Waals surface area contributed by atoms with E-state index in [1.807, 2.05) is 36.4 Å². The quantitative estimate of drug-likeness (QED) is 0.270. The Balaban J connectivity index is 0.000000591. The number of aryl methyl sites for hydroxylation is 1. The number of benzene rings is 3. The molecule has 0 saturated carbocycles. The van der Waals surface area contributed by atoms with E-state index in [1.165, 1.54) is 11.1 Å². The molecule has 1 aromatic heterocycles. The van der Waals surface area contributed by atoms with Gasteiger partial charge in [0.25, 0.3) is 0 Å². The van der Waals surface area contributed by atoms with Crippen molar-refractivity contribution in [2.45, 2.75) is 6.92 Å². The lowest BCUT2D eigenvalue weighted by Crippen LogP contribution is -3.00. The second-order valence-corrected chi connectivity index (χ2v) is 6.42. The second kappa shape index (κ2) is 11.0. The van der Waals surface area contributed by atoms with Gasteiger partial charge in [0.2, 0.25) is 0 Å². The van der Waals surface area contributed by atoms with E-state index in [9.17, 15) is 12.9 Å². The molecule has 0 saturated heterocycles. The SMILES string of the molecule is Cc1ccc(-c2cc(-c3ccccc3)[o+]c(-c3ccccc3)c2)cc1.FB(F)F.[F-]. The minimum atomic E-state index is -3.67. The van der Waals surface area contributed by atoms with Crippen molar-refractivity contribution in [1.82, 2.24) is 0 Å². The molecule has 0 unspecified atom stereocenters. The van der Waals surface area contributed by atoms with Gasteiger partial charge in [0, 0.05) is 5.56 Å². The Bertz CT molecular complexity index is 979. The zero-order valence-corrected chi connectivity index (χ0v) is 16.2. The van der Waals surface area contributed by atoms with Crippen LogP contribution < -0.4 is 4.70 Å². The van der Waals surface area contributed by atoms with E-state index in [1.54, 1.807) is 0 Å². The van der Waals surface area contributed by atoms with Crippen LogP contribution in [-0.2, 0) is 0 Å². The van der Waals surface area contributed by atoms with Crippen LogP contribution in [0.4, 0.5) is 12.9 Å². The smallest absolute Gasteiger partial charge is 0.762 e. The van der Waals surface area contributed by atoms with Gasteiger partial charge in [-0.1, -0.05) is 66.2 Å². The van der Waals surface area contributed by atoms with Crippen molar-refractivity contribution < 1.29 is 22.1 Å². The highest BCUT2D eigenvalue weighted by Gasteiger charge is 2.20. The van der Waals surface area contributed by atoms with Gasteiger partial charge in [0.1, 0.15) is 0 Å². The molecule has 4 aromatic rings. The van der Waals surface area contributed by atoms with Crippen LogP contribution in [0.1, 0.15) is 5.56 Å². The van der Waals surface area contributed by atoms with E-state index >= 15 is 0 Å². The summed E-state index contributed by atoms with van der Waals surface area (Å²) in [6, 6.07) is 33.3. The molecular formula is C24H19BF4O. The number of hydrogen-bond donors (Lipinski definition) is 0. The van der Waals surface area contributed by atoms with Crippen LogP contribution in [0.2, 0.25) is 0 Å². The maximum absolute atomic E-state index is 9.67. The highest BCUT2D eigenvalue weighted by molar-refractivity contribution is 6.33. The molecule has 0 radical (unpaired) electrons. The average Bonchev–Trinajstić information content (AvgIpc) is 2.75. The Morgan fingerprint density at radius 3 is 1.37 bits per heavy atom. The van der Waals surface area contributed by atoms with Gasteiger partial charge in [-0.05, 0) is 36.8 Å². The third-order valence-electron chi connectivity index (χ3n) is 4.29. The number of hydrogen-bond acceptors (Lipinski definition) is 0. The first-order chi connectivity index (χ1) is 14.0. The summed E-state index contributed by atoms with van der Waals surface area (Å²) in [6.45, 7) is 2.11. The van der Waals surface area contributed by atoms with Crippen molar-refractivity contribution in [2.24, 2.45) is 0 Å². The Morgan fingerprint density at radius 1 is 0.567 bits per heavy atom. The van der Waals surface area contributed by atoms with Gasteiger partial charge in [0.05, 0.1) is 23.3 Å². The Kier molecular flexibility index (Phi) is 8.35. The Hall–Kier alpha value is -3.41. The first-order valence-corrected chi connectivity index (χ1v) is 9.11. The van der Waals surface area contributed by atoms with Crippen LogP contribution in [-0.4, -0.2) is 7.54 Å². The summed E-state index contributed by atoms with van der Waals surface area (Å²) in [5, 5.41) is 0. The van der Waals surface area contributed by atoms with Crippen molar-refractivity contribution in [3.05, 3.63) is 103 Å². The Labute approximate surface area is 173 Å². The first-order valence-electron chi connectivity index (χ1n) is 9.11. The zero-order valence-electron chi connectivity index (χ0n) is 16.2. The van der Waals surface area contributed by atoms with Gasteiger partial charge in [-0.3, -0.25) is 12.9 Å². The minimum absolute atomic E-state index is 0. The molecule has 0 aliphatic carbocycles. The lowest BCUT2D eigenvalue weighted by molar-refractivity contribution is -0.00000902. The number of halogens is 4. The predicted octanol–water partition coefficient (Wildman–Crippen LogP) is 4.75. The molecular weight excluding hydrogens is 391 g/mol. The summed E-state index contributed by atoms with van der Waals surface area (Å²) in [4.78, 5) is 0. The maximum atomic E-state index is 9.67. The highest BCUT2D eigenvalue weighted by Crippen LogP contribution is 2.32. The summed E-state index contributed by atoms with van der Waals surface area (Å²) < 4.78 is 35.2. The fourth-order valence-corrected chi connectivity index (χ4v) is 2.90. The molecule has 152 valence electrons. The lowest BCUT2D eigenvalue weighted by Gasteiger charge is -2.03. The molecule has 0 aliphatic rings. The van der Waals surface area contributed by atoms with Gasteiger partial charge < -0.3 is 4.70 Å². The van der Waals surface area contributed by atoms with Crippen molar-refractivity contribution in [3.63, 3.8) is 0 Å². The van der Waals surface area contributed by atoms with E-state index in [0.717, 1.165) is 28.2 Å². The summed E-state index contributed by atoms with van der Waals surface area (Å²) in [5.74, 6) is 1.75. The maximum Gasteiger partial charge on any atom is 0.762 e. The van der Waals surface area contributed by atoms with E-state index in [2.05, 4.69) is 67.6 Å². The standard InChI is InChI=1S/C24H19O.BF3.FH/c1-18-12-14-19(15-13-18)22-16-23(20-8-4-2-5-9-20)25-24(17-22)21-10-6-3-7-11-21;2-1(3)4;/h2-17H,1H3;;1H/q+1;;/p-1. The molecule has 4 rings (SSSR count). The topological polar surface area (TPSA) is 11.3 Å². The van der Waals surface area contributed by atoms with Crippen LogP contribution in [0.25, 0.3) is 33.8 Å². The molecule has 0 N–H and O–H groups in total. The normalized spacial score (nSPS) is 9.73. The largest absolute Gasteiger partial charge is 1.00 e. The van der Waals surface area contributed by atoms with Crippen molar-refractivity contribution in [2.75, 3.05) is 0 Å². The molecule has 6 heteroatoms. The van der Waals surface area contributed by atoms with Crippen LogP contribution in [0.15, 0.2) is 101 Å². The molecule has 0 aliphatic heterocycles. The Morgan fingerprint density at radius 2 is 0.967 bits per heavy atom. The zero-order chi connectivity index (χ0) is 20.6. The van der Waals surface area contributed by atoms with Crippen LogP contribution in [0.5, 0.6) is 0 Å². The van der Waals surface area contributed by atoms with E-state index in [4.69, 9.17) is 4.42 Å². The van der Waals surface area contributed by atoms with Gasteiger partial charge in [0.15, 0.2) is 0 Å². The average molecular weight is 410 g/mol. The van der Waals surface area contributed by atoms with Crippen LogP contribution in [0.3, 0.4) is 0 Å². The third-order valence-corrected chi connectivity index (χ3v) is 4.29. The van der Waals surface area contributed by atoms with Crippen LogP contribution in [0, 0.1) is 6.92 Å². The fraction of sp³-hybridized carbons (Fsp3) is 0.0417. The molecule has 3 aromatic carbocycles. The predicted molar refractivity (Wildman–Crippen MR) is 113 cm³/mol. The van der Waals surface area contributed by atoms with E-state index in [-0.39, 0.29) is 4.70 Å². The molecule has 1 heterocycles. The molecule has 1 nitrogen and oxygen atoms in total. The molecule has 0 atom stereocenters. The summed E-state index contributed by atoms with van der Waals surface area (Å²) in [7, 11) is -3.67. The van der Waals surface area contributed by atoms with Gasteiger partial charge in [-0.2, -0.15) is 0 Å². The monoisotopic (exact) mass is 410 g/mol. The second-order valence-electron chi connectivity index (χ2n) is 6.42. The van der Waals surface area contributed by atoms with Gasteiger partial charge in [-0.25, -0.2) is 4.42 Å². The third kappa shape index (κ3) is 6.31. The lowest BCUT2D eigenvalue weighted by atomic mass is 10.0. The molecule has 30 heavy (non-hydrogen) atoms. The van der Waals surface area contributed by atoms with Crippen molar-refractivity contribution in [3.8, 4) is 33.8 Å². The summed E-state index contributed by atoms with van der Waals surface area (Å²) in [5.41, 5.74) is 5.76. The van der Waals surface area contributed by atoms with Crippen molar-refractivity contribution in [1.29, 1.82) is 0 Å². The molecule has 0 bridgehead atoms. The van der Waals surface area contributed by atoms with Gasteiger partial charge >= 0.3 is 19.1 Å². The van der Waals surface area contributed by atoms with Crippen molar-refractivity contribution >= 4 is 7.54 Å². The van der Waals surface area contributed by atoms with Crippen LogP contribution >= 0.6 is 0 Å². The summed E-state index contributed by atoms with van der Waals surface area (Å²) >= 11 is 0. The van der Waals surface area contributed by atoms with E-state index in [0.29, 0.717) is 0 Å². The number of rotatable bonds is 3. The van der Waals surface area contributed by atoms with E-state index < -0.39 is 7.54 Å². The summed E-state index contributed by atoms with van der Waals surface area (Å²) in [6.07, 6.45) is 0. The minimum Gasteiger partial charge on any atom is -1.00 e. The van der Waals surface area contributed by atoms with Gasteiger partial charge in [-0.15, -0.1) is 0 Å². The fourth-order valence-electron chi connectivity index (χ4n) is 2.90. The molecule has 0 amide bonds. The molecule has 0 spiro atoms. The highest BCUT2D eigenvalue weighted by atomic mass is 19.4. The molecule has 0 fully saturated rings. The first kappa shape index (κ1) is 22.9.